The zero-order valence-corrected chi connectivity index (χ0v) is 9.01. The molecule has 2 unspecified atom stereocenters. The Labute approximate surface area is 85.5 Å². The van der Waals surface area contributed by atoms with Crippen LogP contribution in [0.5, 0.6) is 0 Å². The van der Waals surface area contributed by atoms with Crippen LogP contribution >= 0.6 is 0 Å². The molecule has 0 radical (unpaired) electrons. The summed E-state index contributed by atoms with van der Waals surface area (Å²) in [5.74, 6) is 1.07. The lowest BCUT2D eigenvalue weighted by Crippen LogP contribution is -2.48. The highest BCUT2D eigenvalue weighted by atomic mass is 16.5. The maximum Gasteiger partial charge on any atom is 0.112 e. The maximum absolute atomic E-state index is 5.82. The predicted octanol–water partition coefficient (Wildman–Crippen LogP) is 1.45. The van der Waals surface area contributed by atoms with Gasteiger partial charge in [0.25, 0.3) is 0 Å². The van der Waals surface area contributed by atoms with Crippen LogP contribution in [0.25, 0.3) is 0 Å². The second kappa shape index (κ2) is 3.91. The molecule has 1 N–H and O–H groups in total. The number of hydrogen-bond donors (Lipinski definition) is 1. The van der Waals surface area contributed by atoms with Crippen LogP contribution in [-0.4, -0.2) is 31.9 Å². The minimum atomic E-state index is -0.0784. The average molecular weight is 197 g/mol. The van der Waals surface area contributed by atoms with Crippen molar-refractivity contribution < 1.29 is 9.47 Å². The molecule has 80 valence electrons. The van der Waals surface area contributed by atoms with Gasteiger partial charge in [0.15, 0.2) is 0 Å². The summed E-state index contributed by atoms with van der Waals surface area (Å²) >= 11 is 0. The lowest BCUT2D eigenvalue weighted by molar-refractivity contribution is -0.0132. The monoisotopic (exact) mass is 197 g/mol. The highest BCUT2D eigenvalue weighted by Gasteiger charge is 2.41. The highest BCUT2D eigenvalue weighted by molar-refractivity contribution is 5.14. The second-order valence-corrected chi connectivity index (χ2v) is 4.23. The van der Waals surface area contributed by atoms with Gasteiger partial charge in [-0.15, -0.1) is 0 Å². The summed E-state index contributed by atoms with van der Waals surface area (Å²) in [6, 6.07) is 0.215. The van der Waals surface area contributed by atoms with Gasteiger partial charge in [0.2, 0.25) is 0 Å². The number of likely N-dealkylation sites (N-methyl/N-ethyl adjacent to an activating group) is 1. The summed E-state index contributed by atoms with van der Waals surface area (Å²) < 4.78 is 11.4. The molecule has 2 atom stereocenters. The summed E-state index contributed by atoms with van der Waals surface area (Å²) in [5, 5.41) is 3.31. The van der Waals surface area contributed by atoms with Crippen LogP contribution in [0.3, 0.4) is 0 Å². The van der Waals surface area contributed by atoms with Crippen LogP contribution in [0.2, 0.25) is 0 Å². The first-order valence-electron chi connectivity index (χ1n) is 5.40. The minimum absolute atomic E-state index is 0.0784. The lowest BCUT2D eigenvalue weighted by atomic mass is 9.91. The summed E-state index contributed by atoms with van der Waals surface area (Å²) in [7, 11) is 1.97. The molecule has 14 heavy (non-hydrogen) atoms. The Kier molecular flexibility index (Phi) is 2.79. The molecule has 2 rings (SSSR count). The van der Waals surface area contributed by atoms with Gasteiger partial charge in [0.05, 0.1) is 18.2 Å². The zero-order chi connectivity index (χ0) is 10.0. The molecule has 1 fully saturated rings. The van der Waals surface area contributed by atoms with Crippen molar-refractivity contribution in [1.29, 1.82) is 0 Å². The summed E-state index contributed by atoms with van der Waals surface area (Å²) in [6.45, 7) is 3.87. The molecule has 0 amide bonds. The fourth-order valence-electron chi connectivity index (χ4n) is 2.41. The van der Waals surface area contributed by atoms with Gasteiger partial charge in [-0.1, -0.05) is 0 Å². The van der Waals surface area contributed by atoms with Crippen LogP contribution in [0.4, 0.5) is 0 Å². The molecule has 0 aliphatic carbocycles. The topological polar surface area (TPSA) is 30.5 Å². The molecule has 2 aliphatic heterocycles. The van der Waals surface area contributed by atoms with E-state index in [1.165, 1.54) is 0 Å². The van der Waals surface area contributed by atoms with Gasteiger partial charge in [-0.2, -0.15) is 0 Å². The Morgan fingerprint density at radius 2 is 2.36 bits per heavy atom. The molecule has 3 nitrogen and oxygen atoms in total. The summed E-state index contributed by atoms with van der Waals surface area (Å²) in [6.07, 6.45) is 5.47. The molecule has 1 saturated heterocycles. The third-order valence-corrected chi connectivity index (χ3v) is 3.17. The van der Waals surface area contributed by atoms with Crippen molar-refractivity contribution in [2.75, 3.05) is 20.3 Å². The highest BCUT2D eigenvalue weighted by Crippen LogP contribution is 2.33. The zero-order valence-electron chi connectivity index (χ0n) is 9.01. The van der Waals surface area contributed by atoms with Gasteiger partial charge in [-0.3, -0.25) is 0 Å². The van der Waals surface area contributed by atoms with E-state index in [9.17, 15) is 0 Å². The largest absolute Gasteiger partial charge is 0.496 e. The molecule has 0 aromatic heterocycles. The van der Waals surface area contributed by atoms with Gasteiger partial charge >= 0.3 is 0 Å². The molecular weight excluding hydrogens is 178 g/mol. The number of rotatable bonds is 3. The van der Waals surface area contributed by atoms with Crippen LogP contribution in [0.15, 0.2) is 11.8 Å². The van der Waals surface area contributed by atoms with Crippen molar-refractivity contribution in [2.24, 2.45) is 0 Å². The lowest BCUT2D eigenvalue weighted by Gasteiger charge is -2.33. The Morgan fingerprint density at radius 3 is 2.86 bits per heavy atom. The Morgan fingerprint density at radius 1 is 1.50 bits per heavy atom. The molecule has 3 heteroatoms. The molecule has 2 heterocycles. The van der Waals surface area contributed by atoms with Gasteiger partial charge in [-0.25, -0.2) is 0 Å². The number of nitrogens with one attached hydrogen (secondary N) is 1. The van der Waals surface area contributed by atoms with Crippen LogP contribution < -0.4 is 5.32 Å². The van der Waals surface area contributed by atoms with E-state index >= 15 is 0 Å². The van der Waals surface area contributed by atoms with Gasteiger partial charge < -0.3 is 14.8 Å². The third kappa shape index (κ3) is 1.66. The average Bonchev–Trinajstić information content (AvgIpc) is 2.78. The van der Waals surface area contributed by atoms with E-state index in [1.54, 1.807) is 0 Å². The van der Waals surface area contributed by atoms with Crippen molar-refractivity contribution in [3.8, 4) is 0 Å². The van der Waals surface area contributed by atoms with Crippen molar-refractivity contribution in [3.63, 3.8) is 0 Å². The van der Waals surface area contributed by atoms with Crippen LogP contribution in [0.1, 0.15) is 26.2 Å². The normalized spacial score (nSPS) is 34.0. The van der Waals surface area contributed by atoms with Crippen molar-refractivity contribution >= 4 is 0 Å². The minimum Gasteiger partial charge on any atom is -0.496 e. The molecule has 0 bridgehead atoms. The van der Waals surface area contributed by atoms with Crippen molar-refractivity contribution in [1.82, 2.24) is 5.32 Å². The number of hydrogen-bond acceptors (Lipinski definition) is 3. The van der Waals surface area contributed by atoms with E-state index in [0.717, 1.165) is 38.2 Å². The van der Waals surface area contributed by atoms with E-state index in [-0.39, 0.29) is 11.6 Å². The quantitative estimate of drug-likeness (QED) is 0.742. The van der Waals surface area contributed by atoms with Gasteiger partial charge in [-0.05, 0) is 32.9 Å². The SMILES string of the molecule is CNC(C1=CCCO1)C1(C)CCCO1. The molecular formula is C11H19NO2. The molecule has 2 aliphatic rings. The first-order valence-corrected chi connectivity index (χ1v) is 5.40. The number of ether oxygens (including phenoxy) is 2. The first kappa shape index (κ1) is 9.99. The van der Waals surface area contributed by atoms with E-state index in [1.807, 2.05) is 7.05 Å². The summed E-state index contributed by atoms with van der Waals surface area (Å²) in [5.41, 5.74) is -0.0784. The predicted molar refractivity (Wildman–Crippen MR) is 55.1 cm³/mol. The summed E-state index contributed by atoms with van der Waals surface area (Å²) in [4.78, 5) is 0. The molecule has 0 spiro atoms. The van der Waals surface area contributed by atoms with Gasteiger partial charge in [0, 0.05) is 13.0 Å². The smallest absolute Gasteiger partial charge is 0.112 e. The fourth-order valence-corrected chi connectivity index (χ4v) is 2.41. The standard InChI is InChI=1S/C11H19NO2/c1-11(6-4-8-14-11)10(12-2)9-5-3-7-13-9/h5,10,12H,3-4,6-8H2,1-2H3. The van der Waals surface area contributed by atoms with E-state index in [2.05, 4.69) is 18.3 Å². The first-order chi connectivity index (χ1) is 6.76. The maximum atomic E-state index is 5.82. The van der Waals surface area contributed by atoms with Crippen LogP contribution in [0, 0.1) is 0 Å². The van der Waals surface area contributed by atoms with E-state index in [0.29, 0.717) is 0 Å². The van der Waals surface area contributed by atoms with Crippen molar-refractivity contribution in [3.05, 3.63) is 11.8 Å². The van der Waals surface area contributed by atoms with Crippen molar-refractivity contribution in [2.45, 2.75) is 37.8 Å². The van der Waals surface area contributed by atoms with E-state index in [4.69, 9.17) is 9.47 Å². The third-order valence-electron chi connectivity index (χ3n) is 3.17. The Hall–Kier alpha value is -0.540. The molecule has 0 saturated carbocycles. The van der Waals surface area contributed by atoms with E-state index < -0.39 is 0 Å². The molecule has 0 aromatic carbocycles. The Balaban J connectivity index is 2.11. The Bertz CT molecular complexity index is 231. The van der Waals surface area contributed by atoms with Gasteiger partial charge in [0.1, 0.15) is 5.76 Å². The fraction of sp³-hybridized carbons (Fsp3) is 0.818. The van der Waals surface area contributed by atoms with Crippen LogP contribution in [-0.2, 0) is 9.47 Å². The second-order valence-electron chi connectivity index (χ2n) is 4.23. The molecule has 0 aromatic rings.